The predicted molar refractivity (Wildman–Crippen MR) is 91.8 cm³/mol. The maximum atomic E-state index is 13.5. The van der Waals surface area contributed by atoms with Gasteiger partial charge in [0.2, 0.25) is 0 Å². The van der Waals surface area contributed by atoms with E-state index < -0.39 is 35.7 Å². The first kappa shape index (κ1) is 19.4. The minimum atomic E-state index is -1.11. The molecule has 0 saturated carbocycles. The zero-order chi connectivity index (χ0) is 19.3. The lowest BCUT2D eigenvalue weighted by Crippen LogP contribution is -2.35. The van der Waals surface area contributed by atoms with Gasteiger partial charge in [0.15, 0.2) is 12.2 Å². The fourth-order valence-electron chi connectivity index (χ4n) is 2.00. The second kappa shape index (κ2) is 8.42. The van der Waals surface area contributed by atoms with E-state index in [9.17, 15) is 18.4 Å². The van der Waals surface area contributed by atoms with Crippen molar-refractivity contribution in [3.63, 3.8) is 0 Å². The summed E-state index contributed by atoms with van der Waals surface area (Å²) in [6.07, 6.45) is -2.10. The molecular weight excluding hydrogens is 344 g/mol. The van der Waals surface area contributed by atoms with Gasteiger partial charge in [-0.2, -0.15) is 0 Å². The van der Waals surface area contributed by atoms with Crippen molar-refractivity contribution in [3.8, 4) is 5.75 Å². The van der Waals surface area contributed by atoms with Crippen LogP contribution in [0.2, 0.25) is 0 Å². The van der Waals surface area contributed by atoms with Crippen LogP contribution < -0.4 is 10.1 Å². The number of aryl methyl sites for hydroxylation is 1. The topological polar surface area (TPSA) is 64.6 Å². The van der Waals surface area contributed by atoms with Gasteiger partial charge >= 0.3 is 5.97 Å². The molecule has 5 nitrogen and oxygen atoms in total. The van der Waals surface area contributed by atoms with Crippen LogP contribution >= 0.6 is 0 Å². The Labute approximate surface area is 149 Å². The van der Waals surface area contributed by atoms with Crippen molar-refractivity contribution in [2.45, 2.75) is 33.0 Å². The highest BCUT2D eigenvalue weighted by atomic mass is 19.1. The average Bonchev–Trinajstić information content (AvgIpc) is 2.60. The van der Waals surface area contributed by atoms with Gasteiger partial charge in [0, 0.05) is 5.69 Å². The third-order valence-corrected chi connectivity index (χ3v) is 3.56. The van der Waals surface area contributed by atoms with Gasteiger partial charge in [-0.3, -0.25) is 4.79 Å². The molecule has 0 spiro atoms. The number of hydrogen-bond donors (Lipinski definition) is 1. The molecule has 0 radical (unpaired) electrons. The summed E-state index contributed by atoms with van der Waals surface area (Å²) in [4.78, 5) is 24.1. The fraction of sp³-hybridized carbons (Fsp3) is 0.263. The van der Waals surface area contributed by atoms with Gasteiger partial charge in [0.25, 0.3) is 5.91 Å². The maximum Gasteiger partial charge on any atom is 0.347 e. The van der Waals surface area contributed by atoms with Crippen molar-refractivity contribution >= 4 is 17.6 Å². The summed E-state index contributed by atoms with van der Waals surface area (Å²) in [6.45, 7) is 4.45. The number of carbonyl (C=O) groups excluding carboxylic acids is 2. The molecule has 0 aliphatic rings. The smallest absolute Gasteiger partial charge is 0.347 e. The summed E-state index contributed by atoms with van der Waals surface area (Å²) >= 11 is 0. The lowest BCUT2D eigenvalue weighted by molar-refractivity contribution is -0.159. The lowest BCUT2D eigenvalue weighted by Gasteiger charge is -2.18. The number of hydrogen-bond acceptors (Lipinski definition) is 4. The Bertz CT molecular complexity index is 793. The number of anilines is 1. The highest BCUT2D eigenvalue weighted by Crippen LogP contribution is 2.15. The minimum Gasteiger partial charge on any atom is -0.479 e. The van der Waals surface area contributed by atoms with Crippen molar-refractivity contribution in [1.29, 1.82) is 0 Å². The van der Waals surface area contributed by atoms with E-state index in [1.165, 1.54) is 50.2 Å². The summed E-state index contributed by atoms with van der Waals surface area (Å²) in [5.41, 5.74) is 0.714. The molecule has 26 heavy (non-hydrogen) atoms. The molecule has 0 aliphatic carbocycles. The third-order valence-electron chi connectivity index (χ3n) is 3.56. The molecule has 2 atom stereocenters. The van der Waals surface area contributed by atoms with E-state index in [0.717, 1.165) is 0 Å². The number of esters is 1. The van der Waals surface area contributed by atoms with Crippen molar-refractivity contribution in [3.05, 3.63) is 59.7 Å². The first-order valence-electron chi connectivity index (χ1n) is 7.96. The Hall–Kier alpha value is -2.96. The molecule has 2 aromatic rings. The summed E-state index contributed by atoms with van der Waals surface area (Å²) in [5, 5.41) is 2.47. The number of nitrogens with one attached hydrogen (secondary N) is 1. The fourth-order valence-corrected chi connectivity index (χ4v) is 2.00. The van der Waals surface area contributed by atoms with Crippen LogP contribution in [0.4, 0.5) is 14.5 Å². The standard InChI is InChI=1S/C19H19F2NO4/c1-11-4-7-15(10-17(11)21)22-18(23)12(2)26-19(24)13(3)25-16-8-5-14(20)6-9-16/h4-10,12-13H,1-3H3,(H,22,23)/t12-,13+/m0/s1. The molecular formula is C19H19F2NO4. The number of rotatable bonds is 6. The second-order valence-corrected chi connectivity index (χ2v) is 5.75. The molecule has 0 saturated heterocycles. The molecule has 1 N–H and O–H groups in total. The number of amides is 1. The van der Waals surface area contributed by atoms with Gasteiger partial charge in [-0.05, 0) is 62.7 Å². The van der Waals surface area contributed by atoms with E-state index in [4.69, 9.17) is 9.47 Å². The summed E-state index contributed by atoms with van der Waals surface area (Å²) < 4.78 is 36.7. The zero-order valence-corrected chi connectivity index (χ0v) is 14.6. The summed E-state index contributed by atoms with van der Waals surface area (Å²) in [7, 11) is 0. The SMILES string of the molecule is Cc1ccc(NC(=O)[C@H](C)OC(=O)[C@@H](C)Oc2ccc(F)cc2)cc1F. The van der Waals surface area contributed by atoms with Gasteiger partial charge in [-0.1, -0.05) is 6.07 Å². The largest absolute Gasteiger partial charge is 0.479 e. The van der Waals surface area contributed by atoms with Crippen LogP contribution in [0.1, 0.15) is 19.4 Å². The quantitative estimate of drug-likeness (QED) is 0.797. The number of benzene rings is 2. The van der Waals surface area contributed by atoms with E-state index >= 15 is 0 Å². The number of carbonyl (C=O) groups is 2. The van der Waals surface area contributed by atoms with Crippen LogP contribution in [0.25, 0.3) is 0 Å². The van der Waals surface area contributed by atoms with E-state index in [-0.39, 0.29) is 5.69 Å². The molecule has 0 fully saturated rings. The third kappa shape index (κ3) is 5.27. The molecule has 138 valence electrons. The normalized spacial score (nSPS) is 12.8. The van der Waals surface area contributed by atoms with Crippen molar-refractivity contribution in [1.82, 2.24) is 0 Å². The van der Waals surface area contributed by atoms with E-state index in [0.29, 0.717) is 11.3 Å². The molecule has 0 aromatic heterocycles. The molecule has 0 heterocycles. The van der Waals surface area contributed by atoms with Crippen LogP contribution in [-0.2, 0) is 14.3 Å². The van der Waals surface area contributed by atoms with Crippen molar-refractivity contribution < 1.29 is 27.8 Å². The summed E-state index contributed by atoms with van der Waals surface area (Å²) in [5.74, 6) is -1.94. The molecule has 0 unspecified atom stereocenters. The van der Waals surface area contributed by atoms with Gasteiger partial charge in [0.1, 0.15) is 17.4 Å². The molecule has 2 rings (SSSR count). The summed E-state index contributed by atoms with van der Waals surface area (Å²) in [6, 6.07) is 9.41. The zero-order valence-electron chi connectivity index (χ0n) is 14.6. The Morgan fingerprint density at radius 1 is 1.00 bits per heavy atom. The van der Waals surface area contributed by atoms with E-state index in [1.807, 2.05) is 0 Å². The molecule has 1 amide bonds. The highest BCUT2D eigenvalue weighted by Gasteiger charge is 2.23. The number of halogens is 2. The molecule has 0 bridgehead atoms. The molecule has 0 aliphatic heterocycles. The number of ether oxygens (including phenoxy) is 2. The molecule has 2 aromatic carbocycles. The van der Waals surface area contributed by atoms with Gasteiger partial charge in [0.05, 0.1) is 0 Å². The Morgan fingerprint density at radius 3 is 2.27 bits per heavy atom. The maximum absolute atomic E-state index is 13.5. The van der Waals surface area contributed by atoms with Crippen LogP contribution in [-0.4, -0.2) is 24.1 Å². The van der Waals surface area contributed by atoms with Crippen LogP contribution in [0.5, 0.6) is 5.75 Å². The monoisotopic (exact) mass is 363 g/mol. The highest BCUT2D eigenvalue weighted by molar-refractivity contribution is 5.95. The Morgan fingerprint density at radius 2 is 1.65 bits per heavy atom. The Balaban J connectivity index is 1.89. The average molecular weight is 363 g/mol. The van der Waals surface area contributed by atoms with Crippen molar-refractivity contribution in [2.75, 3.05) is 5.32 Å². The first-order chi connectivity index (χ1) is 12.3. The van der Waals surface area contributed by atoms with Crippen molar-refractivity contribution in [2.24, 2.45) is 0 Å². The minimum absolute atomic E-state index is 0.261. The van der Waals surface area contributed by atoms with Gasteiger partial charge in [-0.15, -0.1) is 0 Å². The van der Waals surface area contributed by atoms with Crippen LogP contribution in [0, 0.1) is 18.6 Å². The first-order valence-corrected chi connectivity index (χ1v) is 7.96. The lowest BCUT2D eigenvalue weighted by atomic mass is 10.2. The predicted octanol–water partition coefficient (Wildman–Crippen LogP) is 3.61. The van der Waals surface area contributed by atoms with Gasteiger partial charge in [-0.25, -0.2) is 13.6 Å². The van der Waals surface area contributed by atoms with Crippen LogP contribution in [0.3, 0.4) is 0 Å². The van der Waals surface area contributed by atoms with E-state index in [2.05, 4.69) is 5.32 Å². The van der Waals surface area contributed by atoms with E-state index in [1.54, 1.807) is 13.0 Å². The van der Waals surface area contributed by atoms with Gasteiger partial charge < -0.3 is 14.8 Å². The van der Waals surface area contributed by atoms with Crippen LogP contribution in [0.15, 0.2) is 42.5 Å². The molecule has 7 heteroatoms. The Kier molecular flexibility index (Phi) is 6.27. The second-order valence-electron chi connectivity index (χ2n) is 5.75.